The quantitative estimate of drug-likeness (QED) is 0.817. The Hall–Kier alpha value is -2.24. The number of methoxy groups -OCH3 is 1. The van der Waals surface area contributed by atoms with E-state index in [1.807, 2.05) is 11.0 Å². The van der Waals surface area contributed by atoms with E-state index in [2.05, 4.69) is 4.98 Å². The van der Waals surface area contributed by atoms with Gasteiger partial charge in [-0.25, -0.2) is 13.6 Å². The standard InChI is InChI=1S/C16H16F2N2O2/c1-16(17,18)10-8-20(9-10)11-3-4-14-13(7-11)12(5-6-19-14)15(21)22-2/h3-7,10H,8-9H2,1-2H3. The average Bonchev–Trinajstić information content (AvgIpc) is 2.42. The molecule has 0 amide bonds. The van der Waals surface area contributed by atoms with E-state index in [1.54, 1.807) is 24.4 Å². The van der Waals surface area contributed by atoms with Crippen LogP contribution >= 0.6 is 0 Å². The minimum absolute atomic E-state index is 0.308. The molecule has 1 aliphatic heterocycles. The van der Waals surface area contributed by atoms with Crippen molar-refractivity contribution >= 4 is 22.6 Å². The number of rotatable bonds is 3. The first-order chi connectivity index (χ1) is 10.4. The van der Waals surface area contributed by atoms with Crippen LogP contribution in [0.25, 0.3) is 10.9 Å². The van der Waals surface area contributed by atoms with Crippen molar-refractivity contribution in [2.75, 3.05) is 25.1 Å². The van der Waals surface area contributed by atoms with Gasteiger partial charge in [0.15, 0.2) is 0 Å². The molecule has 0 atom stereocenters. The molecular formula is C16H16F2N2O2. The van der Waals surface area contributed by atoms with Crippen molar-refractivity contribution in [2.24, 2.45) is 5.92 Å². The summed E-state index contributed by atoms with van der Waals surface area (Å²) in [4.78, 5) is 17.9. The van der Waals surface area contributed by atoms with Gasteiger partial charge in [0.25, 0.3) is 5.92 Å². The maximum absolute atomic E-state index is 13.2. The molecule has 0 radical (unpaired) electrons. The molecule has 1 aliphatic rings. The minimum atomic E-state index is -2.66. The van der Waals surface area contributed by atoms with E-state index in [-0.39, 0.29) is 0 Å². The number of halogens is 2. The largest absolute Gasteiger partial charge is 0.465 e. The zero-order valence-corrected chi connectivity index (χ0v) is 12.3. The normalized spacial score (nSPS) is 15.7. The smallest absolute Gasteiger partial charge is 0.338 e. The van der Waals surface area contributed by atoms with Crippen molar-refractivity contribution in [1.29, 1.82) is 0 Å². The van der Waals surface area contributed by atoms with E-state index in [0.29, 0.717) is 29.6 Å². The van der Waals surface area contributed by atoms with Crippen molar-refractivity contribution in [3.8, 4) is 0 Å². The molecule has 1 saturated heterocycles. The molecule has 1 aromatic heterocycles. The monoisotopic (exact) mass is 306 g/mol. The summed E-state index contributed by atoms with van der Waals surface area (Å²) < 4.78 is 31.2. The average molecular weight is 306 g/mol. The third kappa shape index (κ3) is 2.49. The van der Waals surface area contributed by atoms with Crippen LogP contribution in [0.4, 0.5) is 14.5 Å². The SMILES string of the molecule is COC(=O)c1ccnc2ccc(N3CC(C(C)(F)F)C3)cc12. The van der Waals surface area contributed by atoms with E-state index in [0.717, 1.165) is 12.6 Å². The predicted molar refractivity (Wildman–Crippen MR) is 79.4 cm³/mol. The summed E-state index contributed by atoms with van der Waals surface area (Å²) in [5.41, 5.74) is 1.91. The molecule has 0 N–H and O–H groups in total. The highest BCUT2D eigenvalue weighted by atomic mass is 19.3. The number of esters is 1. The van der Waals surface area contributed by atoms with Crippen LogP contribution in [-0.2, 0) is 4.74 Å². The van der Waals surface area contributed by atoms with Crippen LogP contribution in [0.3, 0.4) is 0 Å². The van der Waals surface area contributed by atoms with Gasteiger partial charge in [0.05, 0.1) is 24.1 Å². The summed E-state index contributed by atoms with van der Waals surface area (Å²) in [6.45, 7) is 1.57. The van der Waals surface area contributed by atoms with Crippen LogP contribution in [0.15, 0.2) is 30.5 Å². The van der Waals surface area contributed by atoms with Gasteiger partial charge < -0.3 is 9.64 Å². The highest BCUT2D eigenvalue weighted by Gasteiger charge is 2.42. The van der Waals surface area contributed by atoms with Crippen molar-refractivity contribution in [3.05, 3.63) is 36.0 Å². The van der Waals surface area contributed by atoms with Crippen molar-refractivity contribution in [2.45, 2.75) is 12.8 Å². The van der Waals surface area contributed by atoms with Gasteiger partial charge in [0, 0.05) is 30.4 Å². The predicted octanol–water partition coefficient (Wildman–Crippen LogP) is 3.11. The molecule has 2 aromatic rings. The number of pyridine rings is 1. The molecule has 0 saturated carbocycles. The molecule has 0 bridgehead atoms. The van der Waals surface area contributed by atoms with Crippen LogP contribution in [0.1, 0.15) is 17.3 Å². The third-order valence-electron chi connectivity index (χ3n) is 4.09. The Kier molecular flexibility index (Phi) is 3.47. The first kappa shape index (κ1) is 14.7. The zero-order chi connectivity index (χ0) is 15.9. The lowest BCUT2D eigenvalue weighted by Crippen LogP contribution is -2.53. The Morgan fingerprint density at radius 1 is 1.36 bits per heavy atom. The van der Waals surface area contributed by atoms with Crippen molar-refractivity contribution in [1.82, 2.24) is 4.98 Å². The van der Waals surface area contributed by atoms with E-state index in [1.165, 1.54) is 7.11 Å². The number of carbonyl (C=O) groups excluding carboxylic acids is 1. The second-order valence-electron chi connectivity index (χ2n) is 5.61. The number of benzene rings is 1. The molecule has 1 fully saturated rings. The summed E-state index contributed by atoms with van der Waals surface area (Å²) in [6.07, 6.45) is 1.55. The second kappa shape index (κ2) is 5.19. The number of carbonyl (C=O) groups is 1. The van der Waals surface area contributed by atoms with Crippen LogP contribution < -0.4 is 4.90 Å². The highest BCUT2D eigenvalue weighted by molar-refractivity contribution is 6.04. The Morgan fingerprint density at radius 3 is 2.73 bits per heavy atom. The van der Waals surface area contributed by atoms with E-state index >= 15 is 0 Å². The van der Waals surface area contributed by atoms with Crippen molar-refractivity contribution < 1.29 is 18.3 Å². The van der Waals surface area contributed by atoms with Crippen LogP contribution in [0.5, 0.6) is 0 Å². The van der Waals surface area contributed by atoms with Crippen LogP contribution in [0, 0.1) is 5.92 Å². The number of hydrogen-bond acceptors (Lipinski definition) is 4. The summed E-state index contributed by atoms with van der Waals surface area (Å²) in [7, 11) is 1.32. The van der Waals surface area contributed by atoms with Gasteiger partial charge in [0.2, 0.25) is 0 Å². The fourth-order valence-corrected chi connectivity index (χ4v) is 2.63. The van der Waals surface area contributed by atoms with Gasteiger partial charge in [-0.05, 0) is 31.2 Å². The first-order valence-electron chi connectivity index (χ1n) is 7.00. The Morgan fingerprint density at radius 2 is 2.09 bits per heavy atom. The summed E-state index contributed by atoms with van der Waals surface area (Å²) in [5, 5.41) is 0.665. The molecule has 116 valence electrons. The molecule has 0 spiro atoms. The molecule has 22 heavy (non-hydrogen) atoms. The number of alkyl halides is 2. The van der Waals surface area contributed by atoms with Gasteiger partial charge in [-0.2, -0.15) is 0 Å². The molecule has 2 heterocycles. The van der Waals surface area contributed by atoms with Gasteiger partial charge in [-0.3, -0.25) is 4.98 Å². The fraction of sp³-hybridized carbons (Fsp3) is 0.375. The molecule has 0 unspecified atom stereocenters. The maximum Gasteiger partial charge on any atom is 0.338 e. The van der Waals surface area contributed by atoms with Crippen LogP contribution in [-0.4, -0.2) is 37.1 Å². The Labute approximate surface area is 126 Å². The maximum atomic E-state index is 13.2. The number of nitrogens with zero attached hydrogens (tertiary/aromatic N) is 2. The first-order valence-corrected chi connectivity index (χ1v) is 7.00. The fourth-order valence-electron chi connectivity index (χ4n) is 2.63. The van der Waals surface area contributed by atoms with Gasteiger partial charge in [-0.15, -0.1) is 0 Å². The summed E-state index contributed by atoms with van der Waals surface area (Å²) >= 11 is 0. The molecule has 6 heteroatoms. The lowest BCUT2D eigenvalue weighted by molar-refractivity contribution is -0.0499. The number of hydrogen-bond donors (Lipinski definition) is 0. The number of aromatic nitrogens is 1. The van der Waals surface area contributed by atoms with E-state index in [9.17, 15) is 13.6 Å². The number of fused-ring (bicyclic) bond motifs is 1. The molecule has 3 rings (SSSR count). The molecule has 4 nitrogen and oxygen atoms in total. The molecule has 0 aliphatic carbocycles. The zero-order valence-electron chi connectivity index (χ0n) is 12.3. The molecular weight excluding hydrogens is 290 g/mol. The number of ether oxygens (including phenoxy) is 1. The lowest BCUT2D eigenvalue weighted by atomic mass is 9.93. The summed E-state index contributed by atoms with van der Waals surface area (Å²) in [6, 6.07) is 7.02. The highest BCUT2D eigenvalue weighted by Crippen LogP contribution is 2.36. The van der Waals surface area contributed by atoms with Gasteiger partial charge >= 0.3 is 5.97 Å². The van der Waals surface area contributed by atoms with E-state index < -0.39 is 17.8 Å². The second-order valence-corrected chi connectivity index (χ2v) is 5.61. The van der Waals surface area contributed by atoms with Crippen molar-refractivity contribution in [3.63, 3.8) is 0 Å². The number of anilines is 1. The topological polar surface area (TPSA) is 42.4 Å². The lowest BCUT2D eigenvalue weighted by Gasteiger charge is -2.43. The van der Waals surface area contributed by atoms with Gasteiger partial charge in [0.1, 0.15) is 0 Å². The Bertz CT molecular complexity index is 722. The molecule has 1 aromatic carbocycles. The summed E-state index contributed by atoms with van der Waals surface area (Å²) in [5.74, 6) is -3.73. The minimum Gasteiger partial charge on any atom is -0.465 e. The third-order valence-corrected chi connectivity index (χ3v) is 4.09. The van der Waals surface area contributed by atoms with E-state index in [4.69, 9.17) is 4.74 Å². The van der Waals surface area contributed by atoms with Gasteiger partial charge in [-0.1, -0.05) is 0 Å². The van der Waals surface area contributed by atoms with Crippen LogP contribution in [0.2, 0.25) is 0 Å². The Balaban J connectivity index is 1.92.